The standard InChI is InChI=1S/C16H28FNOS/c1-2-18(12-15-4-3-11-20-15)16(19)10-7-13-5-8-14(17)9-6-13/h13-15H,2-12H2,1H3. The lowest BCUT2D eigenvalue weighted by molar-refractivity contribution is -0.131. The molecule has 1 amide bonds. The van der Waals surface area contributed by atoms with Crippen molar-refractivity contribution < 1.29 is 9.18 Å². The number of rotatable bonds is 6. The van der Waals surface area contributed by atoms with E-state index in [0.29, 0.717) is 36.3 Å². The molecule has 1 saturated heterocycles. The Bertz CT molecular complexity index is 299. The zero-order chi connectivity index (χ0) is 14.4. The van der Waals surface area contributed by atoms with Gasteiger partial charge in [0.2, 0.25) is 5.91 Å². The van der Waals surface area contributed by atoms with E-state index in [0.717, 1.165) is 32.4 Å². The minimum atomic E-state index is -0.589. The molecule has 1 aliphatic heterocycles. The van der Waals surface area contributed by atoms with Crippen molar-refractivity contribution in [3.05, 3.63) is 0 Å². The first-order valence-electron chi connectivity index (χ1n) is 8.22. The van der Waals surface area contributed by atoms with Gasteiger partial charge in [-0.2, -0.15) is 11.8 Å². The number of amides is 1. The fourth-order valence-corrected chi connectivity index (χ4v) is 4.62. The number of carbonyl (C=O) groups excluding carboxylic acids is 1. The SMILES string of the molecule is CCN(CC1CCCS1)C(=O)CCC1CCC(F)CC1. The van der Waals surface area contributed by atoms with Crippen molar-refractivity contribution in [2.45, 2.75) is 69.7 Å². The predicted molar refractivity (Wildman–Crippen MR) is 83.8 cm³/mol. The van der Waals surface area contributed by atoms with Gasteiger partial charge < -0.3 is 4.90 Å². The van der Waals surface area contributed by atoms with E-state index < -0.39 is 6.17 Å². The highest BCUT2D eigenvalue weighted by atomic mass is 32.2. The Morgan fingerprint density at radius 3 is 2.60 bits per heavy atom. The summed E-state index contributed by atoms with van der Waals surface area (Å²) in [6.07, 6.45) is 6.94. The van der Waals surface area contributed by atoms with Gasteiger partial charge in [-0.3, -0.25) is 4.79 Å². The number of halogens is 1. The topological polar surface area (TPSA) is 20.3 Å². The smallest absolute Gasteiger partial charge is 0.222 e. The summed E-state index contributed by atoms with van der Waals surface area (Å²) in [5.41, 5.74) is 0. The van der Waals surface area contributed by atoms with Crippen LogP contribution in [0.15, 0.2) is 0 Å². The van der Waals surface area contributed by atoms with Crippen molar-refractivity contribution in [1.29, 1.82) is 0 Å². The predicted octanol–water partition coefficient (Wildman–Crippen LogP) is 4.04. The number of hydrogen-bond acceptors (Lipinski definition) is 2. The van der Waals surface area contributed by atoms with Gasteiger partial charge in [0, 0.05) is 24.8 Å². The van der Waals surface area contributed by atoms with Gasteiger partial charge in [0.1, 0.15) is 6.17 Å². The molecule has 1 atom stereocenters. The molecule has 0 N–H and O–H groups in total. The van der Waals surface area contributed by atoms with E-state index in [1.807, 2.05) is 16.7 Å². The first-order valence-corrected chi connectivity index (χ1v) is 9.27. The quantitative estimate of drug-likeness (QED) is 0.738. The van der Waals surface area contributed by atoms with Crippen LogP contribution in [0.1, 0.15) is 58.3 Å². The Kier molecular flexibility index (Phi) is 6.66. The van der Waals surface area contributed by atoms with Crippen LogP contribution in [0.3, 0.4) is 0 Å². The van der Waals surface area contributed by atoms with Crippen LogP contribution in [-0.4, -0.2) is 41.1 Å². The van der Waals surface area contributed by atoms with Gasteiger partial charge in [0.15, 0.2) is 0 Å². The fourth-order valence-electron chi connectivity index (χ4n) is 3.34. The van der Waals surface area contributed by atoms with Crippen molar-refractivity contribution in [2.24, 2.45) is 5.92 Å². The van der Waals surface area contributed by atoms with Gasteiger partial charge in [-0.1, -0.05) is 0 Å². The number of carbonyl (C=O) groups is 1. The fraction of sp³-hybridized carbons (Fsp3) is 0.938. The maximum Gasteiger partial charge on any atom is 0.222 e. The first-order chi connectivity index (χ1) is 9.69. The summed E-state index contributed by atoms with van der Waals surface area (Å²) in [6.45, 7) is 3.83. The van der Waals surface area contributed by atoms with Gasteiger partial charge >= 0.3 is 0 Å². The highest BCUT2D eigenvalue weighted by Gasteiger charge is 2.24. The van der Waals surface area contributed by atoms with Crippen LogP contribution < -0.4 is 0 Å². The molecule has 1 unspecified atom stereocenters. The molecule has 2 nitrogen and oxygen atoms in total. The molecule has 2 aliphatic rings. The highest BCUT2D eigenvalue weighted by Crippen LogP contribution is 2.30. The van der Waals surface area contributed by atoms with E-state index in [9.17, 15) is 9.18 Å². The van der Waals surface area contributed by atoms with Crippen LogP contribution in [0.25, 0.3) is 0 Å². The average Bonchev–Trinajstić information content (AvgIpc) is 2.97. The maximum atomic E-state index is 13.1. The lowest BCUT2D eigenvalue weighted by Crippen LogP contribution is -2.36. The van der Waals surface area contributed by atoms with E-state index in [4.69, 9.17) is 0 Å². The molecule has 1 aliphatic carbocycles. The number of nitrogens with zero attached hydrogens (tertiary/aromatic N) is 1. The first kappa shape index (κ1) is 16.1. The summed E-state index contributed by atoms with van der Waals surface area (Å²) in [7, 11) is 0. The Morgan fingerprint density at radius 1 is 1.25 bits per heavy atom. The third-order valence-electron chi connectivity index (χ3n) is 4.73. The summed E-state index contributed by atoms with van der Waals surface area (Å²) >= 11 is 2.01. The van der Waals surface area contributed by atoms with Gasteiger partial charge in [0.25, 0.3) is 0 Å². The van der Waals surface area contributed by atoms with E-state index in [1.165, 1.54) is 18.6 Å². The van der Waals surface area contributed by atoms with E-state index in [2.05, 4.69) is 6.92 Å². The summed E-state index contributed by atoms with van der Waals surface area (Å²) in [6, 6.07) is 0. The van der Waals surface area contributed by atoms with Crippen molar-refractivity contribution in [2.75, 3.05) is 18.8 Å². The average molecular weight is 301 g/mol. The Balaban J connectivity index is 1.68. The van der Waals surface area contributed by atoms with E-state index in [1.54, 1.807) is 0 Å². The molecule has 116 valence electrons. The van der Waals surface area contributed by atoms with Gasteiger partial charge in [0.05, 0.1) is 0 Å². The third kappa shape index (κ3) is 4.94. The third-order valence-corrected chi connectivity index (χ3v) is 6.11. The lowest BCUT2D eigenvalue weighted by Gasteiger charge is -2.27. The molecule has 4 heteroatoms. The molecule has 0 aromatic carbocycles. The number of hydrogen-bond donors (Lipinski definition) is 0. The summed E-state index contributed by atoms with van der Waals surface area (Å²) < 4.78 is 13.1. The monoisotopic (exact) mass is 301 g/mol. The lowest BCUT2D eigenvalue weighted by atomic mass is 9.85. The van der Waals surface area contributed by atoms with Crippen LogP contribution >= 0.6 is 11.8 Å². The second-order valence-electron chi connectivity index (χ2n) is 6.22. The molecule has 2 rings (SSSR count). The van der Waals surface area contributed by atoms with E-state index >= 15 is 0 Å². The van der Waals surface area contributed by atoms with Crippen LogP contribution in [0, 0.1) is 5.92 Å². The Labute approximate surface area is 126 Å². The molecule has 0 bridgehead atoms. The van der Waals surface area contributed by atoms with Crippen LogP contribution in [0.4, 0.5) is 4.39 Å². The minimum Gasteiger partial charge on any atom is -0.342 e. The summed E-state index contributed by atoms with van der Waals surface area (Å²) in [4.78, 5) is 14.3. The zero-order valence-corrected chi connectivity index (χ0v) is 13.5. The number of thioether (sulfide) groups is 1. The Hall–Kier alpha value is -0.250. The molecule has 0 radical (unpaired) electrons. The largest absolute Gasteiger partial charge is 0.342 e. The molecular formula is C16H28FNOS. The molecular weight excluding hydrogens is 273 g/mol. The van der Waals surface area contributed by atoms with Crippen molar-refractivity contribution in [1.82, 2.24) is 4.90 Å². The van der Waals surface area contributed by atoms with Gasteiger partial charge in [-0.05, 0) is 63.5 Å². The van der Waals surface area contributed by atoms with Crippen molar-refractivity contribution >= 4 is 17.7 Å². The maximum absolute atomic E-state index is 13.1. The molecule has 20 heavy (non-hydrogen) atoms. The normalized spacial score (nSPS) is 30.4. The van der Waals surface area contributed by atoms with Crippen molar-refractivity contribution in [3.63, 3.8) is 0 Å². The molecule has 1 heterocycles. The minimum absolute atomic E-state index is 0.308. The number of alkyl halides is 1. The molecule has 0 aromatic rings. The van der Waals surface area contributed by atoms with Crippen molar-refractivity contribution in [3.8, 4) is 0 Å². The molecule has 1 saturated carbocycles. The van der Waals surface area contributed by atoms with Crippen LogP contribution in [0.5, 0.6) is 0 Å². The van der Waals surface area contributed by atoms with Crippen LogP contribution in [-0.2, 0) is 4.79 Å². The molecule has 0 aromatic heterocycles. The zero-order valence-electron chi connectivity index (χ0n) is 12.7. The van der Waals surface area contributed by atoms with Gasteiger partial charge in [-0.15, -0.1) is 0 Å². The second kappa shape index (κ2) is 8.26. The van der Waals surface area contributed by atoms with Gasteiger partial charge in [-0.25, -0.2) is 4.39 Å². The van der Waals surface area contributed by atoms with E-state index in [-0.39, 0.29) is 0 Å². The van der Waals surface area contributed by atoms with Crippen LogP contribution in [0.2, 0.25) is 0 Å². The highest BCUT2D eigenvalue weighted by molar-refractivity contribution is 8.00. The second-order valence-corrected chi connectivity index (χ2v) is 7.63. The molecule has 2 fully saturated rings. The Morgan fingerprint density at radius 2 is 2.00 bits per heavy atom. The molecule has 0 spiro atoms. The summed E-state index contributed by atoms with van der Waals surface area (Å²) in [5, 5.41) is 0.654. The summed E-state index contributed by atoms with van der Waals surface area (Å²) in [5.74, 6) is 2.14.